The maximum Gasteiger partial charge on any atom is 0.328 e. The van der Waals surface area contributed by atoms with Crippen LogP contribution >= 0.6 is 0 Å². The van der Waals surface area contributed by atoms with E-state index in [1.807, 2.05) is 5.32 Å². The van der Waals surface area contributed by atoms with Gasteiger partial charge >= 0.3 is 5.97 Å². The second kappa shape index (κ2) is 13.5. The molecule has 1 heterocycles. The molecule has 0 saturated carbocycles. The Morgan fingerprint density at radius 3 is 2.03 bits per heavy atom. The van der Waals surface area contributed by atoms with Crippen molar-refractivity contribution in [3.63, 3.8) is 0 Å². The van der Waals surface area contributed by atoms with Crippen LogP contribution in [-0.2, 0) is 35.2 Å². The lowest BCUT2D eigenvalue weighted by Crippen LogP contribution is -2.58. The van der Waals surface area contributed by atoms with Crippen LogP contribution in [0.25, 0.3) is 0 Å². The zero-order chi connectivity index (χ0) is 25.8. The summed E-state index contributed by atoms with van der Waals surface area (Å²) in [4.78, 5) is 77.7. The van der Waals surface area contributed by atoms with Crippen LogP contribution in [0.2, 0.25) is 0 Å². The molecule has 12 N–H and O–H groups in total. The van der Waals surface area contributed by atoms with Crippen molar-refractivity contribution < 1.29 is 39.0 Å². The lowest BCUT2D eigenvalue weighted by atomic mass is 10.1. The van der Waals surface area contributed by atoms with Crippen molar-refractivity contribution in [2.24, 2.45) is 17.2 Å². The second-order valence-corrected chi connectivity index (χ2v) is 7.27. The molecule has 0 radical (unpaired) electrons. The number of aromatic nitrogens is 2. The van der Waals surface area contributed by atoms with Crippen LogP contribution in [0.15, 0.2) is 12.5 Å². The van der Waals surface area contributed by atoms with E-state index in [0.717, 1.165) is 0 Å². The molecule has 0 aliphatic carbocycles. The number of aliphatic hydroxyl groups is 1. The summed E-state index contributed by atoms with van der Waals surface area (Å²) in [6, 6.07) is -5.79. The lowest BCUT2D eigenvalue weighted by molar-refractivity contribution is -0.143. The van der Waals surface area contributed by atoms with Crippen molar-refractivity contribution in [3.05, 3.63) is 18.2 Å². The van der Waals surface area contributed by atoms with Gasteiger partial charge in [-0.3, -0.25) is 24.0 Å². The van der Waals surface area contributed by atoms with Crippen LogP contribution in [-0.4, -0.2) is 86.5 Å². The number of H-pyrrole nitrogens is 1. The number of aliphatic carboxylic acids is 1. The number of nitrogens with zero attached hydrogens (tertiary/aromatic N) is 1. The van der Waals surface area contributed by atoms with Crippen LogP contribution in [0.1, 0.15) is 25.0 Å². The highest BCUT2D eigenvalue weighted by Crippen LogP contribution is 2.03. The Labute approximate surface area is 193 Å². The average molecular weight is 484 g/mol. The molecule has 4 unspecified atom stereocenters. The van der Waals surface area contributed by atoms with E-state index in [2.05, 4.69) is 20.6 Å². The number of rotatable bonds is 15. The highest BCUT2D eigenvalue weighted by atomic mass is 16.4. The predicted molar refractivity (Wildman–Crippen MR) is 113 cm³/mol. The number of hydrogen-bond donors (Lipinski definition) is 9. The molecular weight excluding hydrogens is 456 g/mol. The van der Waals surface area contributed by atoms with Gasteiger partial charge in [0.15, 0.2) is 0 Å². The average Bonchev–Trinajstić information content (AvgIpc) is 3.26. The van der Waals surface area contributed by atoms with E-state index in [0.29, 0.717) is 5.69 Å². The first-order valence-electron chi connectivity index (χ1n) is 9.98. The zero-order valence-electron chi connectivity index (χ0n) is 18.0. The minimum absolute atomic E-state index is 0.0794. The second-order valence-electron chi connectivity index (χ2n) is 7.27. The summed E-state index contributed by atoms with van der Waals surface area (Å²) in [5.41, 5.74) is 16.3. The molecule has 0 aliphatic heterocycles. The van der Waals surface area contributed by atoms with Crippen molar-refractivity contribution in [2.45, 2.75) is 49.9 Å². The molecule has 1 aromatic rings. The largest absolute Gasteiger partial charge is 0.480 e. The molecule has 0 fully saturated rings. The van der Waals surface area contributed by atoms with E-state index < -0.39 is 72.7 Å². The van der Waals surface area contributed by atoms with E-state index in [4.69, 9.17) is 27.4 Å². The van der Waals surface area contributed by atoms with E-state index in [1.54, 1.807) is 0 Å². The van der Waals surface area contributed by atoms with Crippen molar-refractivity contribution >= 4 is 35.5 Å². The van der Waals surface area contributed by atoms with Crippen molar-refractivity contribution in [1.82, 2.24) is 25.9 Å². The maximum atomic E-state index is 12.9. The molecular formula is C18H28N8O8. The number of amides is 5. The molecule has 0 bridgehead atoms. The third kappa shape index (κ3) is 9.61. The van der Waals surface area contributed by atoms with Gasteiger partial charge in [0.05, 0.1) is 25.4 Å². The number of aliphatic hydroxyl groups excluding tert-OH is 1. The molecule has 16 nitrogen and oxygen atoms in total. The molecule has 1 aromatic heterocycles. The Morgan fingerprint density at radius 1 is 0.941 bits per heavy atom. The number of carboxylic acid groups (broad SMARTS) is 1. The first-order valence-corrected chi connectivity index (χ1v) is 9.98. The summed E-state index contributed by atoms with van der Waals surface area (Å²) in [5.74, 6) is -6.02. The summed E-state index contributed by atoms with van der Waals surface area (Å²) < 4.78 is 0. The van der Waals surface area contributed by atoms with E-state index in [9.17, 15) is 28.8 Å². The van der Waals surface area contributed by atoms with Crippen LogP contribution < -0.4 is 33.2 Å². The van der Waals surface area contributed by atoms with Gasteiger partial charge in [0.1, 0.15) is 18.1 Å². The molecule has 0 aromatic carbocycles. The topological polar surface area (TPSA) is 286 Å². The fourth-order valence-corrected chi connectivity index (χ4v) is 2.67. The molecule has 16 heteroatoms. The summed E-state index contributed by atoms with van der Waals surface area (Å²) in [6.07, 6.45) is 1.64. The molecule has 0 aliphatic rings. The molecule has 1 rings (SSSR count). The fourth-order valence-electron chi connectivity index (χ4n) is 2.67. The van der Waals surface area contributed by atoms with Gasteiger partial charge in [0.2, 0.25) is 29.5 Å². The van der Waals surface area contributed by atoms with Gasteiger partial charge in [-0.05, 0) is 6.42 Å². The number of hydrogen-bond acceptors (Lipinski definition) is 9. The van der Waals surface area contributed by atoms with Crippen LogP contribution in [0.5, 0.6) is 0 Å². The summed E-state index contributed by atoms with van der Waals surface area (Å²) in [7, 11) is 0. The van der Waals surface area contributed by atoms with Gasteiger partial charge in [0, 0.05) is 24.7 Å². The Hall–Kier alpha value is -4.05. The Morgan fingerprint density at radius 2 is 1.53 bits per heavy atom. The van der Waals surface area contributed by atoms with Crippen LogP contribution in [0, 0.1) is 0 Å². The standard InChI is InChI=1S/C18H28N8O8/c19-9(1-2-13(20)28)15(30)24-10(3-8-5-22-7-23-8)16(31)25-11(4-14(21)29)17(32)26-12(6-27)18(33)34/h5,7,9-12,27H,1-4,6,19H2,(H2,20,28)(H2,21,29)(H,22,23)(H,24,30)(H,25,31)(H,26,32)(H,33,34). The Balaban J connectivity index is 3.01. The van der Waals surface area contributed by atoms with Gasteiger partial charge in [-0.25, -0.2) is 9.78 Å². The first-order chi connectivity index (χ1) is 15.9. The summed E-state index contributed by atoms with van der Waals surface area (Å²) >= 11 is 0. The van der Waals surface area contributed by atoms with Crippen molar-refractivity contribution in [1.29, 1.82) is 0 Å². The molecule has 4 atom stereocenters. The number of carbonyl (C=O) groups excluding carboxylic acids is 5. The highest BCUT2D eigenvalue weighted by Gasteiger charge is 2.31. The minimum atomic E-state index is -1.69. The van der Waals surface area contributed by atoms with E-state index in [1.165, 1.54) is 12.5 Å². The van der Waals surface area contributed by atoms with E-state index >= 15 is 0 Å². The maximum absolute atomic E-state index is 12.9. The van der Waals surface area contributed by atoms with Gasteiger partial charge in [-0.15, -0.1) is 0 Å². The molecule has 188 valence electrons. The van der Waals surface area contributed by atoms with Crippen molar-refractivity contribution in [3.8, 4) is 0 Å². The first kappa shape index (κ1) is 28.0. The normalized spacial score (nSPS) is 14.2. The highest BCUT2D eigenvalue weighted by molar-refractivity contribution is 5.96. The number of carboxylic acids is 1. The number of nitrogens with two attached hydrogens (primary N) is 3. The van der Waals surface area contributed by atoms with Gasteiger partial charge in [0.25, 0.3) is 0 Å². The van der Waals surface area contributed by atoms with Gasteiger partial charge < -0.3 is 48.3 Å². The third-order valence-corrected chi connectivity index (χ3v) is 4.49. The van der Waals surface area contributed by atoms with Gasteiger partial charge in [-0.1, -0.05) is 0 Å². The third-order valence-electron chi connectivity index (χ3n) is 4.49. The Kier molecular flexibility index (Phi) is 11.1. The Bertz CT molecular complexity index is 891. The lowest BCUT2D eigenvalue weighted by Gasteiger charge is -2.24. The zero-order valence-corrected chi connectivity index (χ0v) is 18.0. The monoisotopic (exact) mass is 484 g/mol. The molecule has 5 amide bonds. The number of aromatic amines is 1. The van der Waals surface area contributed by atoms with Crippen molar-refractivity contribution in [2.75, 3.05) is 6.61 Å². The van der Waals surface area contributed by atoms with E-state index in [-0.39, 0.29) is 19.3 Å². The quantitative estimate of drug-likeness (QED) is 0.114. The molecule has 0 saturated heterocycles. The smallest absolute Gasteiger partial charge is 0.328 e. The fraction of sp³-hybridized carbons (Fsp3) is 0.500. The van der Waals surface area contributed by atoms with Crippen LogP contribution in [0.3, 0.4) is 0 Å². The minimum Gasteiger partial charge on any atom is -0.480 e. The number of primary amides is 2. The molecule has 0 spiro atoms. The SMILES string of the molecule is NC(=O)CCC(N)C(=O)NC(Cc1cnc[nH]1)C(=O)NC(CC(N)=O)C(=O)NC(CO)C(=O)O. The van der Waals surface area contributed by atoms with Gasteiger partial charge in [-0.2, -0.15) is 0 Å². The molecule has 34 heavy (non-hydrogen) atoms. The summed E-state index contributed by atoms with van der Waals surface area (Å²) in [5, 5.41) is 24.6. The van der Waals surface area contributed by atoms with Crippen LogP contribution in [0.4, 0.5) is 0 Å². The predicted octanol–water partition coefficient (Wildman–Crippen LogP) is -5.05. The number of nitrogens with one attached hydrogen (secondary N) is 4. The number of carbonyl (C=O) groups is 6. The number of imidazole rings is 1. The summed E-state index contributed by atoms with van der Waals surface area (Å²) in [6.45, 7) is -0.944.